The molecule has 0 saturated carbocycles. The lowest BCUT2D eigenvalue weighted by Gasteiger charge is -2.02. The number of ether oxygens (including phenoxy) is 1. The number of nitrogens with zero attached hydrogens (tertiary/aromatic N) is 1. The molecule has 0 spiro atoms. The second-order valence-electron chi connectivity index (χ2n) is 0.840. The van der Waals surface area contributed by atoms with Gasteiger partial charge in [-0.1, -0.05) is 6.58 Å². The van der Waals surface area contributed by atoms with Crippen LogP contribution >= 0.6 is 25.6 Å². The van der Waals surface area contributed by atoms with Crippen molar-refractivity contribution in [2.24, 2.45) is 0 Å². The highest BCUT2D eigenvalue weighted by atomic mass is 32.2. The highest BCUT2D eigenvalue weighted by Crippen LogP contribution is 1.99. The van der Waals surface area contributed by atoms with Gasteiger partial charge in [-0.2, -0.15) is 3.71 Å². The van der Waals surface area contributed by atoms with E-state index in [4.69, 9.17) is 0 Å². The molecule has 0 N–H and O–H groups in total. The Morgan fingerprint density at radius 1 is 1.75 bits per heavy atom. The molecule has 8 heavy (non-hydrogen) atoms. The Hall–Kier alpha value is -0.290. The van der Waals surface area contributed by atoms with Crippen LogP contribution < -0.4 is 0 Å². The fourth-order valence-corrected chi connectivity index (χ4v) is 0.213. The lowest BCUT2D eigenvalue weighted by atomic mass is 11.1. The van der Waals surface area contributed by atoms with Crippen LogP contribution in [-0.4, -0.2) is 9.80 Å². The van der Waals surface area contributed by atoms with Gasteiger partial charge in [0.05, 0.1) is 6.26 Å². The maximum atomic E-state index is 10.2. The Bertz CT molecular complexity index is 103. The molecule has 3 nitrogen and oxygen atoms in total. The standard InChI is InChI=1S/C3H5NO2S2/c1-2-6-3(5)4(7)8/h2,7-8H,1H2. The van der Waals surface area contributed by atoms with Crippen molar-refractivity contribution in [1.29, 1.82) is 0 Å². The summed E-state index contributed by atoms with van der Waals surface area (Å²) in [5.74, 6) is 0. The molecule has 1 amide bonds. The molecule has 0 aliphatic heterocycles. The minimum Gasteiger partial charge on any atom is -0.418 e. The first-order chi connectivity index (χ1) is 3.68. The first-order valence-corrected chi connectivity index (χ1v) is 2.48. The molecule has 0 aliphatic rings. The van der Waals surface area contributed by atoms with Gasteiger partial charge in [0.25, 0.3) is 0 Å². The number of rotatable bonds is 1. The van der Waals surface area contributed by atoms with Gasteiger partial charge in [0, 0.05) is 0 Å². The molecule has 0 bridgehead atoms. The molecule has 0 aromatic heterocycles. The van der Waals surface area contributed by atoms with Crippen molar-refractivity contribution in [3.05, 3.63) is 12.8 Å². The SMILES string of the molecule is C=COC(=O)N(S)S. The quantitative estimate of drug-likeness (QED) is 0.436. The lowest BCUT2D eigenvalue weighted by molar-refractivity contribution is 0.182. The van der Waals surface area contributed by atoms with E-state index >= 15 is 0 Å². The van der Waals surface area contributed by atoms with Crippen molar-refractivity contribution >= 4 is 31.7 Å². The van der Waals surface area contributed by atoms with Crippen LogP contribution in [0.1, 0.15) is 0 Å². The number of amides is 1. The first-order valence-electron chi connectivity index (χ1n) is 1.68. The average Bonchev–Trinajstić information content (AvgIpc) is 1.67. The van der Waals surface area contributed by atoms with Gasteiger partial charge < -0.3 is 4.74 Å². The van der Waals surface area contributed by atoms with Crippen LogP contribution in [0.3, 0.4) is 0 Å². The van der Waals surface area contributed by atoms with Crippen LogP contribution in [0.2, 0.25) is 0 Å². The zero-order valence-electron chi connectivity index (χ0n) is 3.94. The molecule has 0 aromatic carbocycles. The Morgan fingerprint density at radius 3 is 2.38 bits per heavy atom. The fraction of sp³-hybridized carbons (Fsp3) is 0. The third kappa shape index (κ3) is 2.81. The fourth-order valence-electron chi connectivity index (χ4n) is 0.118. The summed E-state index contributed by atoms with van der Waals surface area (Å²) < 4.78 is 4.91. The summed E-state index contributed by atoms with van der Waals surface area (Å²) in [5, 5.41) is 0. The highest BCUT2D eigenvalue weighted by molar-refractivity contribution is 7.94. The van der Waals surface area contributed by atoms with Gasteiger partial charge in [-0.3, -0.25) is 0 Å². The van der Waals surface area contributed by atoms with Gasteiger partial charge in [-0.15, -0.1) is 0 Å². The normalized spacial score (nSPS) is 7.75. The summed E-state index contributed by atoms with van der Waals surface area (Å²) in [5.41, 5.74) is 0. The molecule has 0 fully saturated rings. The molecular weight excluding hydrogens is 146 g/mol. The lowest BCUT2D eigenvalue weighted by Crippen LogP contribution is -2.09. The van der Waals surface area contributed by atoms with Gasteiger partial charge in [-0.25, -0.2) is 4.79 Å². The number of thiol groups is 2. The summed E-state index contributed by atoms with van der Waals surface area (Å²) >= 11 is 7.00. The molecule has 0 radical (unpaired) electrons. The number of carbonyl (C=O) groups is 1. The monoisotopic (exact) mass is 151 g/mol. The van der Waals surface area contributed by atoms with Crippen molar-refractivity contribution in [2.75, 3.05) is 0 Å². The Kier molecular flexibility index (Phi) is 3.55. The maximum absolute atomic E-state index is 10.2. The molecule has 46 valence electrons. The van der Waals surface area contributed by atoms with E-state index in [0.29, 0.717) is 3.71 Å². The molecule has 0 atom stereocenters. The van der Waals surface area contributed by atoms with Crippen LogP contribution in [-0.2, 0) is 4.74 Å². The largest absolute Gasteiger partial charge is 0.434 e. The predicted octanol–water partition coefficient (Wildman–Crippen LogP) is 1.26. The van der Waals surface area contributed by atoms with Crippen molar-refractivity contribution in [3.63, 3.8) is 0 Å². The van der Waals surface area contributed by atoms with E-state index in [2.05, 4.69) is 36.9 Å². The van der Waals surface area contributed by atoms with Crippen LogP contribution in [0.5, 0.6) is 0 Å². The van der Waals surface area contributed by atoms with Gasteiger partial charge in [0.2, 0.25) is 0 Å². The number of hydrogen-bond acceptors (Lipinski definition) is 4. The van der Waals surface area contributed by atoms with Crippen molar-refractivity contribution < 1.29 is 9.53 Å². The molecule has 0 rings (SSSR count). The second-order valence-corrected chi connectivity index (χ2v) is 1.96. The van der Waals surface area contributed by atoms with Gasteiger partial charge >= 0.3 is 6.09 Å². The van der Waals surface area contributed by atoms with E-state index in [1.54, 1.807) is 0 Å². The Balaban J connectivity index is 3.48. The topological polar surface area (TPSA) is 29.5 Å². The first kappa shape index (κ1) is 7.71. The molecule has 0 saturated heterocycles. The summed E-state index contributed by atoms with van der Waals surface area (Å²) in [6.45, 7) is 3.15. The smallest absolute Gasteiger partial charge is 0.418 e. The maximum Gasteiger partial charge on any atom is 0.434 e. The summed E-state index contributed by atoms with van der Waals surface area (Å²) in [7, 11) is 0. The van der Waals surface area contributed by atoms with Crippen LogP contribution in [0, 0.1) is 0 Å². The van der Waals surface area contributed by atoms with E-state index in [1.165, 1.54) is 0 Å². The van der Waals surface area contributed by atoms with Crippen LogP contribution in [0.25, 0.3) is 0 Å². The zero-order valence-corrected chi connectivity index (χ0v) is 5.73. The Morgan fingerprint density at radius 2 is 2.25 bits per heavy atom. The van der Waals surface area contributed by atoms with E-state index in [1.807, 2.05) is 0 Å². The second kappa shape index (κ2) is 3.68. The molecular formula is C3H5NO2S2. The van der Waals surface area contributed by atoms with Crippen molar-refractivity contribution in [2.45, 2.75) is 0 Å². The molecule has 0 aliphatic carbocycles. The Labute approximate surface area is 58.4 Å². The average molecular weight is 151 g/mol. The molecule has 0 heterocycles. The predicted molar refractivity (Wildman–Crippen MR) is 36.5 cm³/mol. The summed E-state index contributed by atoms with van der Waals surface area (Å²) in [4.78, 5) is 10.2. The van der Waals surface area contributed by atoms with E-state index in [9.17, 15) is 4.79 Å². The van der Waals surface area contributed by atoms with E-state index in [0.717, 1.165) is 6.26 Å². The van der Waals surface area contributed by atoms with Crippen LogP contribution in [0.4, 0.5) is 4.79 Å². The summed E-state index contributed by atoms with van der Waals surface area (Å²) in [6.07, 6.45) is 0.327. The van der Waals surface area contributed by atoms with Gasteiger partial charge in [-0.05, 0) is 25.6 Å². The molecule has 5 heteroatoms. The zero-order chi connectivity index (χ0) is 6.57. The van der Waals surface area contributed by atoms with Gasteiger partial charge in [0.15, 0.2) is 0 Å². The number of hydrogen-bond donors (Lipinski definition) is 2. The third-order valence-corrected chi connectivity index (χ3v) is 0.674. The highest BCUT2D eigenvalue weighted by Gasteiger charge is 2.01. The third-order valence-electron chi connectivity index (χ3n) is 0.347. The van der Waals surface area contributed by atoms with Crippen LogP contribution in [0.15, 0.2) is 12.8 Å². The minimum atomic E-state index is -0.674. The summed E-state index contributed by atoms with van der Waals surface area (Å²) in [6, 6.07) is 0. The van der Waals surface area contributed by atoms with Gasteiger partial charge in [0.1, 0.15) is 0 Å². The number of carbonyl (C=O) groups excluding carboxylic acids is 1. The molecule has 0 aromatic rings. The van der Waals surface area contributed by atoms with E-state index in [-0.39, 0.29) is 0 Å². The van der Waals surface area contributed by atoms with Crippen molar-refractivity contribution in [3.8, 4) is 0 Å². The van der Waals surface area contributed by atoms with Crippen molar-refractivity contribution in [1.82, 2.24) is 3.71 Å². The van der Waals surface area contributed by atoms with E-state index < -0.39 is 6.09 Å². The molecule has 0 unspecified atom stereocenters. The minimum absolute atomic E-state index is 0.674.